The molecule has 0 fully saturated rings. The van der Waals surface area contributed by atoms with E-state index in [-0.39, 0.29) is 12.2 Å². The molecule has 31 heavy (non-hydrogen) atoms. The minimum absolute atomic E-state index is 0.0225. The van der Waals surface area contributed by atoms with Crippen molar-refractivity contribution in [1.29, 1.82) is 0 Å². The number of aromatic nitrogens is 4. The molecule has 4 aromatic rings. The van der Waals surface area contributed by atoms with Gasteiger partial charge in [0.25, 0.3) is 5.89 Å². The average Bonchev–Trinajstić information content (AvgIpc) is 3.41. The Labute approximate surface area is 180 Å². The summed E-state index contributed by atoms with van der Waals surface area (Å²) < 4.78 is 19.2. The first-order valence-electron chi connectivity index (χ1n) is 10.4. The highest BCUT2D eigenvalue weighted by molar-refractivity contribution is 5.59. The molecule has 3 heterocycles. The summed E-state index contributed by atoms with van der Waals surface area (Å²) in [5, 5.41) is 8.81. The summed E-state index contributed by atoms with van der Waals surface area (Å²) in [6.45, 7) is 7.21. The second-order valence-corrected chi connectivity index (χ2v) is 8.03. The number of benzene rings is 2. The fourth-order valence-electron chi connectivity index (χ4n) is 3.61. The summed E-state index contributed by atoms with van der Waals surface area (Å²) in [7, 11) is 0. The van der Waals surface area contributed by atoms with Crippen LogP contribution in [-0.2, 0) is 17.9 Å². The van der Waals surface area contributed by atoms with E-state index in [4.69, 9.17) is 14.0 Å². The third-order valence-electron chi connectivity index (χ3n) is 5.21. The highest BCUT2D eigenvalue weighted by atomic mass is 16.5. The van der Waals surface area contributed by atoms with Gasteiger partial charge in [0.05, 0.1) is 24.9 Å². The molecule has 0 spiro atoms. The van der Waals surface area contributed by atoms with Gasteiger partial charge >= 0.3 is 0 Å². The van der Waals surface area contributed by atoms with Gasteiger partial charge < -0.3 is 14.0 Å². The predicted octanol–water partition coefficient (Wildman–Crippen LogP) is 4.97. The van der Waals surface area contributed by atoms with Crippen molar-refractivity contribution in [2.24, 2.45) is 0 Å². The van der Waals surface area contributed by atoms with Gasteiger partial charge in [0.15, 0.2) is 5.69 Å². The third-order valence-corrected chi connectivity index (χ3v) is 5.21. The van der Waals surface area contributed by atoms with Gasteiger partial charge in [-0.15, -0.1) is 0 Å². The van der Waals surface area contributed by atoms with Crippen molar-refractivity contribution in [2.45, 2.75) is 46.1 Å². The Morgan fingerprint density at radius 1 is 1.06 bits per heavy atom. The lowest BCUT2D eigenvalue weighted by atomic mass is 10.1. The first-order valence-corrected chi connectivity index (χ1v) is 10.4. The molecule has 2 aromatic carbocycles. The number of ether oxygens (including phenoxy) is 2. The molecule has 0 N–H and O–H groups in total. The van der Waals surface area contributed by atoms with E-state index < -0.39 is 0 Å². The van der Waals surface area contributed by atoms with E-state index in [1.165, 1.54) is 5.56 Å². The molecule has 1 aliphatic heterocycles. The van der Waals surface area contributed by atoms with E-state index in [2.05, 4.69) is 46.4 Å². The molecule has 158 valence electrons. The lowest BCUT2D eigenvalue weighted by Crippen LogP contribution is -2.21. The van der Waals surface area contributed by atoms with E-state index >= 15 is 0 Å². The maximum atomic E-state index is 6.05. The lowest BCUT2D eigenvalue weighted by molar-refractivity contribution is -0.00113. The molecule has 1 aliphatic rings. The molecule has 0 aliphatic carbocycles. The number of fused-ring (bicyclic) bond motifs is 1. The first-order chi connectivity index (χ1) is 15.0. The Kier molecular flexibility index (Phi) is 5.03. The van der Waals surface area contributed by atoms with Crippen LogP contribution in [0.25, 0.3) is 23.0 Å². The molecule has 1 unspecified atom stereocenters. The molecule has 2 aromatic heterocycles. The Morgan fingerprint density at radius 2 is 1.84 bits per heavy atom. The van der Waals surface area contributed by atoms with Gasteiger partial charge in [0.2, 0.25) is 5.82 Å². The van der Waals surface area contributed by atoms with Crippen molar-refractivity contribution in [3.63, 3.8) is 0 Å². The number of hydrogen-bond donors (Lipinski definition) is 0. The van der Waals surface area contributed by atoms with Crippen LogP contribution in [0.5, 0.6) is 5.75 Å². The van der Waals surface area contributed by atoms with Crippen LogP contribution >= 0.6 is 0 Å². The SMILES string of the molecule is Cc1ccc(C2Cn3nc(-c4nc(-c5ccc(OC(C)C)cc5)no4)cc3CO2)cc1. The van der Waals surface area contributed by atoms with Crippen LogP contribution in [0.2, 0.25) is 0 Å². The first kappa shape index (κ1) is 19.5. The second kappa shape index (κ2) is 8.00. The zero-order valence-electron chi connectivity index (χ0n) is 17.8. The normalized spacial score (nSPS) is 15.8. The maximum absolute atomic E-state index is 6.05. The topological polar surface area (TPSA) is 75.2 Å². The quantitative estimate of drug-likeness (QED) is 0.457. The van der Waals surface area contributed by atoms with Crippen molar-refractivity contribution in [3.8, 4) is 28.7 Å². The summed E-state index contributed by atoms with van der Waals surface area (Å²) in [4.78, 5) is 4.54. The van der Waals surface area contributed by atoms with Crippen LogP contribution in [0, 0.1) is 6.92 Å². The van der Waals surface area contributed by atoms with E-state index in [9.17, 15) is 0 Å². The van der Waals surface area contributed by atoms with Gasteiger partial charge in [-0.1, -0.05) is 35.0 Å². The summed E-state index contributed by atoms with van der Waals surface area (Å²) in [6.07, 6.45) is 0.106. The third kappa shape index (κ3) is 4.09. The van der Waals surface area contributed by atoms with Gasteiger partial charge in [0.1, 0.15) is 11.9 Å². The smallest absolute Gasteiger partial charge is 0.278 e. The fraction of sp³-hybridized carbons (Fsp3) is 0.292. The molecule has 0 amide bonds. The van der Waals surface area contributed by atoms with Gasteiger partial charge in [-0.3, -0.25) is 4.68 Å². The van der Waals surface area contributed by atoms with Gasteiger partial charge in [-0.25, -0.2) is 0 Å². The minimum Gasteiger partial charge on any atom is -0.491 e. The maximum Gasteiger partial charge on any atom is 0.278 e. The van der Waals surface area contributed by atoms with Gasteiger partial charge in [-0.2, -0.15) is 10.1 Å². The average molecular weight is 416 g/mol. The number of hydrogen-bond acceptors (Lipinski definition) is 6. The highest BCUT2D eigenvalue weighted by Crippen LogP contribution is 2.30. The van der Waals surface area contributed by atoms with Gasteiger partial charge in [-0.05, 0) is 56.7 Å². The van der Waals surface area contributed by atoms with Crippen molar-refractivity contribution >= 4 is 0 Å². The zero-order valence-corrected chi connectivity index (χ0v) is 17.8. The second-order valence-electron chi connectivity index (χ2n) is 8.03. The number of rotatable bonds is 5. The standard InChI is InChI=1S/C24H24N4O3/c1-15(2)30-20-10-8-18(9-11-20)23-25-24(31-27-23)21-12-19-14-29-22(13-28(19)26-21)17-6-4-16(3)5-7-17/h4-12,15,22H,13-14H2,1-3H3. The Morgan fingerprint density at radius 3 is 2.58 bits per heavy atom. The Balaban J connectivity index is 1.34. The summed E-state index contributed by atoms with van der Waals surface area (Å²) >= 11 is 0. The molecule has 0 saturated carbocycles. The number of aryl methyl sites for hydroxylation is 1. The zero-order chi connectivity index (χ0) is 21.4. The van der Waals surface area contributed by atoms with E-state index in [0.29, 0.717) is 30.6 Å². The molecule has 0 bridgehead atoms. The molecule has 1 atom stereocenters. The Bertz CT molecular complexity index is 1180. The van der Waals surface area contributed by atoms with Crippen molar-refractivity contribution < 1.29 is 14.0 Å². The molecular formula is C24H24N4O3. The van der Waals surface area contributed by atoms with Crippen LogP contribution in [0.1, 0.15) is 36.8 Å². The molecule has 7 heteroatoms. The molecule has 0 saturated heterocycles. The Hall–Kier alpha value is -3.45. The van der Waals surface area contributed by atoms with Crippen LogP contribution in [-0.4, -0.2) is 26.0 Å². The van der Waals surface area contributed by atoms with Crippen LogP contribution in [0.3, 0.4) is 0 Å². The largest absolute Gasteiger partial charge is 0.491 e. The highest BCUT2D eigenvalue weighted by Gasteiger charge is 2.24. The summed E-state index contributed by atoms with van der Waals surface area (Å²) in [5.41, 5.74) is 4.89. The summed E-state index contributed by atoms with van der Waals surface area (Å²) in [5.74, 6) is 1.73. The molecule has 7 nitrogen and oxygen atoms in total. The van der Waals surface area contributed by atoms with Crippen LogP contribution < -0.4 is 4.74 Å². The lowest BCUT2D eigenvalue weighted by Gasteiger charge is -2.24. The summed E-state index contributed by atoms with van der Waals surface area (Å²) in [6, 6.07) is 18.0. The van der Waals surface area contributed by atoms with E-state index in [1.54, 1.807) is 0 Å². The minimum atomic E-state index is -0.0225. The molecular weight excluding hydrogens is 392 g/mol. The molecule has 5 rings (SSSR count). The van der Waals surface area contributed by atoms with Crippen molar-refractivity contribution in [1.82, 2.24) is 19.9 Å². The number of nitrogens with zero attached hydrogens (tertiary/aromatic N) is 4. The monoisotopic (exact) mass is 416 g/mol. The predicted molar refractivity (Wildman–Crippen MR) is 115 cm³/mol. The fourth-order valence-corrected chi connectivity index (χ4v) is 3.61. The van der Waals surface area contributed by atoms with Crippen molar-refractivity contribution in [3.05, 3.63) is 71.4 Å². The van der Waals surface area contributed by atoms with Crippen LogP contribution in [0.15, 0.2) is 59.1 Å². The van der Waals surface area contributed by atoms with E-state index in [0.717, 1.165) is 22.6 Å². The van der Waals surface area contributed by atoms with Crippen molar-refractivity contribution in [2.75, 3.05) is 0 Å². The van der Waals surface area contributed by atoms with E-state index in [1.807, 2.05) is 48.9 Å². The van der Waals surface area contributed by atoms with Gasteiger partial charge in [0, 0.05) is 5.56 Å². The van der Waals surface area contributed by atoms with Crippen LogP contribution in [0.4, 0.5) is 0 Å². The molecule has 0 radical (unpaired) electrons.